The number of para-hydroxylation sites is 1. The van der Waals surface area contributed by atoms with Crippen LogP contribution in [0, 0.1) is 11.3 Å². The van der Waals surface area contributed by atoms with Gasteiger partial charge in [0.2, 0.25) is 0 Å². The van der Waals surface area contributed by atoms with Crippen molar-refractivity contribution in [3.63, 3.8) is 0 Å². The fourth-order valence-corrected chi connectivity index (χ4v) is 2.74. The number of carbonyl (C=O) groups is 1. The van der Waals surface area contributed by atoms with Crippen LogP contribution in [-0.2, 0) is 4.79 Å². The van der Waals surface area contributed by atoms with Crippen molar-refractivity contribution in [2.75, 3.05) is 5.32 Å². The molecule has 2 rings (SSSR count). The highest BCUT2D eigenvalue weighted by molar-refractivity contribution is 6.10. The number of carbonyl (C=O) groups excluding carboxylic acids is 1. The predicted octanol–water partition coefficient (Wildman–Crippen LogP) is 5.48. The molecule has 0 spiro atoms. The van der Waals surface area contributed by atoms with Gasteiger partial charge in [-0.3, -0.25) is 4.79 Å². The van der Waals surface area contributed by atoms with Gasteiger partial charge in [0.15, 0.2) is 0 Å². The summed E-state index contributed by atoms with van der Waals surface area (Å²) in [5.41, 5.74) is 3.91. The van der Waals surface area contributed by atoms with Gasteiger partial charge in [-0.05, 0) is 34.6 Å². The highest BCUT2D eigenvalue weighted by Gasteiger charge is 2.18. The number of nitrogens with one attached hydrogen (secondary N) is 1. The van der Waals surface area contributed by atoms with E-state index in [9.17, 15) is 10.1 Å². The molecular weight excluding hydrogens is 308 g/mol. The normalized spacial score (nSPS) is 11.5. The van der Waals surface area contributed by atoms with Crippen LogP contribution in [0.5, 0.6) is 0 Å². The summed E-state index contributed by atoms with van der Waals surface area (Å²) in [6.45, 7) is 8.39. The standard InChI is InChI=1S/C22H24N2O/c1-15(2)19-11-8-12-20(16(3)4)21(19)24-22(25)18(14-23)13-17-9-6-5-7-10-17/h5-13,15-16H,1-4H3,(H,24,25)/b18-13+. The van der Waals surface area contributed by atoms with E-state index in [4.69, 9.17) is 0 Å². The number of nitrogens with zero attached hydrogens (tertiary/aromatic N) is 1. The van der Waals surface area contributed by atoms with Crippen LogP contribution >= 0.6 is 0 Å². The quantitative estimate of drug-likeness (QED) is 0.582. The van der Waals surface area contributed by atoms with Crippen LogP contribution in [0.15, 0.2) is 54.1 Å². The van der Waals surface area contributed by atoms with Crippen LogP contribution in [0.25, 0.3) is 6.08 Å². The molecule has 0 aliphatic heterocycles. The van der Waals surface area contributed by atoms with E-state index >= 15 is 0 Å². The summed E-state index contributed by atoms with van der Waals surface area (Å²) in [5.74, 6) is 0.177. The molecule has 0 radical (unpaired) electrons. The van der Waals surface area contributed by atoms with Gasteiger partial charge in [-0.15, -0.1) is 0 Å². The average Bonchev–Trinajstić information content (AvgIpc) is 2.60. The Morgan fingerprint density at radius 2 is 1.52 bits per heavy atom. The monoisotopic (exact) mass is 332 g/mol. The molecule has 0 aliphatic rings. The Kier molecular flexibility index (Phi) is 6.14. The number of hydrogen-bond acceptors (Lipinski definition) is 2. The summed E-state index contributed by atoms with van der Waals surface area (Å²) >= 11 is 0. The molecule has 0 fully saturated rings. The van der Waals surface area contributed by atoms with E-state index in [0.717, 1.165) is 22.4 Å². The summed E-state index contributed by atoms with van der Waals surface area (Å²) in [6.07, 6.45) is 1.61. The second-order valence-electron chi connectivity index (χ2n) is 6.66. The van der Waals surface area contributed by atoms with E-state index in [1.807, 2.05) is 54.6 Å². The van der Waals surface area contributed by atoms with E-state index in [0.29, 0.717) is 0 Å². The predicted molar refractivity (Wildman–Crippen MR) is 103 cm³/mol. The molecule has 0 saturated heterocycles. The topological polar surface area (TPSA) is 52.9 Å². The van der Waals surface area contributed by atoms with Crippen molar-refractivity contribution in [2.45, 2.75) is 39.5 Å². The van der Waals surface area contributed by atoms with Crippen molar-refractivity contribution in [2.24, 2.45) is 0 Å². The number of benzene rings is 2. The van der Waals surface area contributed by atoms with Crippen LogP contribution in [0.2, 0.25) is 0 Å². The minimum Gasteiger partial charge on any atom is -0.321 e. The molecule has 0 heterocycles. The molecule has 25 heavy (non-hydrogen) atoms. The van der Waals surface area contributed by atoms with E-state index < -0.39 is 0 Å². The van der Waals surface area contributed by atoms with Gasteiger partial charge in [0.1, 0.15) is 11.6 Å². The molecule has 0 aliphatic carbocycles. The van der Waals surface area contributed by atoms with Crippen LogP contribution < -0.4 is 5.32 Å². The molecule has 0 aromatic heterocycles. The lowest BCUT2D eigenvalue weighted by Crippen LogP contribution is -2.17. The maximum absolute atomic E-state index is 12.7. The van der Waals surface area contributed by atoms with Crippen LogP contribution in [-0.4, -0.2) is 5.91 Å². The van der Waals surface area contributed by atoms with Crippen molar-refractivity contribution in [1.29, 1.82) is 5.26 Å². The van der Waals surface area contributed by atoms with Crippen molar-refractivity contribution in [3.05, 3.63) is 70.8 Å². The minimum atomic E-state index is -0.374. The molecule has 0 bridgehead atoms. The molecule has 3 nitrogen and oxygen atoms in total. The smallest absolute Gasteiger partial charge is 0.266 e. The van der Waals surface area contributed by atoms with Crippen molar-refractivity contribution in [3.8, 4) is 6.07 Å². The Hall–Kier alpha value is -2.86. The first-order valence-corrected chi connectivity index (χ1v) is 8.55. The number of rotatable bonds is 5. The fraction of sp³-hybridized carbons (Fsp3) is 0.273. The Labute approximate surface area is 150 Å². The summed E-state index contributed by atoms with van der Waals surface area (Å²) in [6, 6.07) is 17.5. The molecule has 1 amide bonds. The van der Waals surface area contributed by atoms with E-state index in [-0.39, 0.29) is 23.3 Å². The third-order valence-electron chi connectivity index (χ3n) is 4.09. The molecule has 3 heteroatoms. The van der Waals surface area contributed by atoms with E-state index in [1.54, 1.807) is 6.08 Å². The summed E-state index contributed by atoms with van der Waals surface area (Å²) in [4.78, 5) is 12.7. The number of amides is 1. The third kappa shape index (κ3) is 4.58. The highest BCUT2D eigenvalue weighted by Crippen LogP contribution is 2.32. The van der Waals surface area contributed by atoms with Gasteiger partial charge in [-0.2, -0.15) is 5.26 Å². The number of hydrogen-bond donors (Lipinski definition) is 1. The summed E-state index contributed by atoms with van der Waals surface area (Å²) < 4.78 is 0. The van der Waals surface area contributed by atoms with Crippen molar-refractivity contribution < 1.29 is 4.79 Å². The fourth-order valence-electron chi connectivity index (χ4n) is 2.74. The van der Waals surface area contributed by atoms with E-state index in [1.165, 1.54) is 0 Å². The molecule has 0 unspecified atom stereocenters. The molecule has 1 N–H and O–H groups in total. The highest BCUT2D eigenvalue weighted by atomic mass is 16.1. The lowest BCUT2D eigenvalue weighted by molar-refractivity contribution is -0.112. The van der Waals surface area contributed by atoms with Gasteiger partial charge < -0.3 is 5.32 Å². The SMILES string of the molecule is CC(C)c1cccc(C(C)C)c1NC(=O)/C(C#N)=C/c1ccccc1. The Morgan fingerprint density at radius 3 is 2.00 bits per heavy atom. The third-order valence-corrected chi connectivity index (χ3v) is 4.09. The maximum Gasteiger partial charge on any atom is 0.266 e. The number of anilines is 1. The van der Waals surface area contributed by atoms with Gasteiger partial charge in [0, 0.05) is 5.69 Å². The molecule has 0 atom stereocenters. The van der Waals surface area contributed by atoms with Crippen LogP contribution in [0.4, 0.5) is 5.69 Å². The zero-order chi connectivity index (χ0) is 18.4. The molecule has 128 valence electrons. The second kappa shape index (κ2) is 8.30. The largest absolute Gasteiger partial charge is 0.321 e. The number of nitriles is 1. The van der Waals surface area contributed by atoms with Gasteiger partial charge in [-0.1, -0.05) is 76.2 Å². The first-order chi connectivity index (χ1) is 11.9. The second-order valence-corrected chi connectivity index (χ2v) is 6.66. The van der Waals surface area contributed by atoms with Crippen LogP contribution in [0.3, 0.4) is 0 Å². The summed E-state index contributed by atoms with van der Waals surface area (Å²) in [7, 11) is 0. The average molecular weight is 332 g/mol. The van der Waals surface area contributed by atoms with Gasteiger partial charge in [-0.25, -0.2) is 0 Å². The molecule has 2 aromatic carbocycles. The lowest BCUT2D eigenvalue weighted by Gasteiger charge is -2.20. The van der Waals surface area contributed by atoms with Gasteiger partial charge in [0.05, 0.1) is 0 Å². The van der Waals surface area contributed by atoms with Crippen molar-refractivity contribution >= 4 is 17.7 Å². The maximum atomic E-state index is 12.7. The molecule has 2 aromatic rings. The Morgan fingerprint density at radius 1 is 0.960 bits per heavy atom. The zero-order valence-corrected chi connectivity index (χ0v) is 15.2. The first kappa shape index (κ1) is 18.5. The van der Waals surface area contributed by atoms with Crippen LogP contribution in [0.1, 0.15) is 56.2 Å². The minimum absolute atomic E-state index is 0.0967. The van der Waals surface area contributed by atoms with E-state index in [2.05, 4.69) is 33.0 Å². The Balaban J connectivity index is 2.40. The van der Waals surface area contributed by atoms with Gasteiger partial charge in [0.25, 0.3) is 5.91 Å². The van der Waals surface area contributed by atoms with Gasteiger partial charge >= 0.3 is 0 Å². The van der Waals surface area contributed by atoms with Crippen molar-refractivity contribution in [1.82, 2.24) is 0 Å². The zero-order valence-electron chi connectivity index (χ0n) is 15.2. The first-order valence-electron chi connectivity index (χ1n) is 8.55. The lowest BCUT2D eigenvalue weighted by atomic mass is 9.92. The molecular formula is C22H24N2O. The Bertz CT molecular complexity index is 785. The molecule has 0 saturated carbocycles. The summed E-state index contributed by atoms with van der Waals surface area (Å²) in [5, 5.41) is 12.4.